The molecule has 0 aromatic carbocycles. The summed E-state index contributed by atoms with van der Waals surface area (Å²) in [5.41, 5.74) is -1.05. The van der Waals surface area contributed by atoms with E-state index < -0.39 is 11.6 Å². The molecule has 1 saturated heterocycles. The Kier molecular flexibility index (Phi) is 5.40. The Labute approximate surface area is 103 Å². The molecule has 0 saturated carbocycles. The molecule has 1 aliphatic heterocycles. The molecule has 1 fully saturated rings. The maximum atomic E-state index is 11.3. The topological polar surface area (TPSA) is 55.8 Å². The third-order valence-corrected chi connectivity index (χ3v) is 3.23. The Hall–Kier alpha value is -0.610. The van der Waals surface area contributed by atoms with Crippen LogP contribution in [-0.4, -0.2) is 36.5 Å². The van der Waals surface area contributed by atoms with Crippen LogP contribution in [0.15, 0.2) is 0 Å². The number of carboxylic acid groups (broad SMARTS) is 1. The lowest BCUT2D eigenvalue weighted by Crippen LogP contribution is -2.41. The summed E-state index contributed by atoms with van der Waals surface area (Å²) in [6, 6.07) is 0. The molecule has 17 heavy (non-hydrogen) atoms. The van der Waals surface area contributed by atoms with E-state index in [1.165, 1.54) is 0 Å². The molecule has 100 valence electrons. The van der Waals surface area contributed by atoms with Gasteiger partial charge < -0.3 is 14.6 Å². The fourth-order valence-electron chi connectivity index (χ4n) is 2.20. The molecule has 1 heterocycles. The minimum Gasteiger partial charge on any atom is -0.479 e. The molecule has 1 aliphatic rings. The van der Waals surface area contributed by atoms with Crippen molar-refractivity contribution in [1.29, 1.82) is 0 Å². The number of hydrogen-bond acceptors (Lipinski definition) is 3. The standard InChI is InChI=1S/C13H24O4/c1-10(2)8-13(3,12(14)15)17-9-11-4-6-16-7-5-11/h10-11H,4-9H2,1-3H3,(H,14,15). The summed E-state index contributed by atoms with van der Waals surface area (Å²) < 4.78 is 11.0. The predicted octanol–water partition coefficient (Wildman–Crippen LogP) is 2.32. The first-order valence-corrected chi connectivity index (χ1v) is 6.39. The van der Waals surface area contributed by atoms with E-state index in [1.807, 2.05) is 13.8 Å². The van der Waals surface area contributed by atoms with Crippen molar-refractivity contribution in [1.82, 2.24) is 0 Å². The largest absolute Gasteiger partial charge is 0.479 e. The molecule has 1 unspecified atom stereocenters. The summed E-state index contributed by atoms with van der Waals surface area (Å²) >= 11 is 0. The lowest BCUT2D eigenvalue weighted by Gasteiger charge is -2.30. The molecular weight excluding hydrogens is 220 g/mol. The van der Waals surface area contributed by atoms with E-state index in [0.29, 0.717) is 24.9 Å². The number of hydrogen-bond donors (Lipinski definition) is 1. The van der Waals surface area contributed by atoms with Gasteiger partial charge in [0, 0.05) is 13.2 Å². The highest BCUT2D eigenvalue weighted by Crippen LogP contribution is 2.24. The molecule has 1 N–H and O–H groups in total. The van der Waals surface area contributed by atoms with Crippen molar-refractivity contribution in [3.05, 3.63) is 0 Å². The zero-order chi connectivity index (χ0) is 12.9. The van der Waals surface area contributed by atoms with Crippen LogP contribution in [0.5, 0.6) is 0 Å². The van der Waals surface area contributed by atoms with E-state index in [-0.39, 0.29) is 0 Å². The predicted molar refractivity (Wildman–Crippen MR) is 65.0 cm³/mol. The molecule has 1 atom stereocenters. The van der Waals surface area contributed by atoms with Gasteiger partial charge in [0.2, 0.25) is 0 Å². The molecule has 0 aromatic heterocycles. The zero-order valence-electron chi connectivity index (χ0n) is 11.1. The maximum absolute atomic E-state index is 11.3. The normalized spacial score (nSPS) is 21.4. The average Bonchev–Trinajstić information content (AvgIpc) is 2.27. The van der Waals surface area contributed by atoms with E-state index in [4.69, 9.17) is 9.47 Å². The monoisotopic (exact) mass is 244 g/mol. The summed E-state index contributed by atoms with van der Waals surface area (Å²) in [5.74, 6) is -0.112. The second-order valence-electron chi connectivity index (χ2n) is 5.50. The van der Waals surface area contributed by atoms with Crippen molar-refractivity contribution >= 4 is 5.97 Å². The molecule has 0 amide bonds. The van der Waals surface area contributed by atoms with Crippen LogP contribution in [0.4, 0.5) is 0 Å². The Morgan fingerprint density at radius 1 is 1.47 bits per heavy atom. The minimum absolute atomic E-state index is 0.311. The van der Waals surface area contributed by atoms with Gasteiger partial charge in [-0.15, -0.1) is 0 Å². The number of aliphatic carboxylic acids is 1. The van der Waals surface area contributed by atoms with Crippen molar-refractivity contribution < 1.29 is 19.4 Å². The number of rotatable bonds is 6. The van der Waals surface area contributed by atoms with Gasteiger partial charge in [-0.1, -0.05) is 13.8 Å². The van der Waals surface area contributed by atoms with Crippen LogP contribution in [0.25, 0.3) is 0 Å². The third-order valence-electron chi connectivity index (χ3n) is 3.23. The summed E-state index contributed by atoms with van der Waals surface area (Å²) in [7, 11) is 0. The van der Waals surface area contributed by atoms with Gasteiger partial charge in [-0.2, -0.15) is 0 Å². The zero-order valence-corrected chi connectivity index (χ0v) is 11.1. The lowest BCUT2D eigenvalue weighted by molar-refractivity contribution is -0.168. The van der Waals surface area contributed by atoms with Crippen molar-refractivity contribution in [3.63, 3.8) is 0 Å². The van der Waals surface area contributed by atoms with Gasteiger partial charge in [-0.25, -0.2) is 4.79 Å². The van der Waals surface area contributed by atoms with E-state index in [9.17, 15) is 9.90 Å². The molecular formula is C13H24O4. The smallest absolute Gasteiger partial charge is 0.335 e. The van der Waals surface area contributed by atoms with E-state index in [1.54, 1.807) is 6.92 Å². The fourth-order valence-corrected chi connectivity index (χ4v) is 2.20. The SMILES string of the molecule is CC(C)CC(C)(OCC1CCOCC1)C(=O)O. The van der Waals surface area contributed by atoms with Gasteiger partial charge in [0.15, 0.2) is 5.60 Å². The summed E-state index contributed by atoms with van der Waals surface area (Å²) in [4.78, 5) is 11.3. The summed E-state index contributed by atoms with van der Waals surface area (Å²) in [5, 5.41) is 9.26. The first-order valence-electron chi connectivity index (χ1n) is 6.39. The van der Waals surface area contributed by atoms with Crippen LogP contribution in [0.1, 0.15) is 40.0 Å². The second kappa shape index (κ2) is 6.36. The molecule has 0 bridgehead atoms. The molecule has 0 spiro atoms. The Bertz CT molecular complexity index is 246. The Morgan fingerprint density at radius 2 is 2.06 bits per heavy atom. The Morgan fingerprint density at radius 3 is 2.53 bits per heavy atom. The number of carboxylic acids is 1. The van der Waals surface area contributed by atoms with Crippen molar-refractivity contribution in [2.45, 2.75) is 45.6 Å². The summed E-state index contributed by atoms with van der Waals surface area (Å²) in [6.45, 7) is 7.76. The highest BCUT2D eigenvalue weighted by Gasteiger charge is 2.35. The van der Waals surface area contributed by atoms with Gasteiger partial charge in [-0.05, 0) is 38.0 Å². The highest BCUT2D eigenvalue weighted by atomic mass is 16.5. The van der Waals surface area contributed by atoms with E-state index in [0.717, 1.165) is 26.1 Å². The summed E-state index contributed by atoms with van der Waals surface area (Å²) in [6.07, 6.45) is 2.49. The van der Waals surface area contributed by atoms with Crippen LogP contribution >= 0.6 is 0 Å². The van der Waals surface area contributed by atoms with Crippen molar-refractivity contribution in [2.75, 3.05) is 19.8 Å². The molecule has 0 radical (unpaired) electrons. The fraction of sp³-hybridized carbons (Fsp3) is 0.923. The highest BCUT2D eigenvalue weighted by molar-refractivity contribution is 5.76. The Balaban J connectivity index is 2.45. The van der Waals surface area contributed by atoms with Gasteiger partial charge in [-0.3, -0.25) is 0 Å². The second-order valence-corrected chi connectivity index (χ2v) is 5.50. The van der Waals surface area contributed by atoms with Crippen LogP contribution in [0.2, 0.25) is 0 Å². The van der Waals surface area contributed by atoms with Gasteiger partial charge >= 0.3 is 5.97 Å². The van der Waals surface area contributed by atoms with E-state index >= 15 is 0 Å². The molecule has 4 nitrogen and oxygen atoms in total. The number of ether oxygens (including phenoxy) is 2. The number of carbonyl (C=O) groups is 1. The molecule has 0 aliphatic carbocycles. The quantitative estimate of drug-likeness (QED) is 0.779. The van der Waals surface area contributed by atoms with Crippen LogP contribution in [0, 0.1) is 11.8 Å². The molecule has 0 aromatic rings. The average molecular weight is 244 g/mol. The molecule has 4 heteroatoms. The lowest BCUT2D eigenvalue weighted by atomic mass is 9.93. The first-order chi connectivity index (χ1) is 7.94. The van der Waals surface area contributed by atoms with Gasteiger partial charge in [0.1, 0.15) is 0 Å². The van der Waals surface area contributed by atoms with Crippen LogP contribution in [-0.2, 0) is 14.3 Å². The molecule has 1 rings (SSSR count). The van der Waals surface area contributed by atoms with E-state index in [2.05, 4.69) is 0 Å². The van der Waals surface area contributed by atoms with Crippen molar-refractivity contribution in [3.8, 4) is 0 Å². The van der Waals surface area contributed by atoms with Crippen molar-refractivity contribution in [2.24, 2.45) is 11.8 Å². The third kappa shape index (κ3) is 4.64. The van der Waals surface area contributed by atoms with Crippen LogP contribution < -0.4 is 0 Å². The first kappa shape index (κ1) is 14.5. The van der Waals surface area contributed by atoms with Gasteiger partial charge in [0.25, 0.3) is 0 Å². The van der Waals surface area contributed by atoms with Crippen LogP contribution in [0.3, 0.4) is 0 Å². The maximum Gasteiger partial charge on any atom is 0.335 e. The van der Waals surface area contributed by atoms with Gasteiger partial charge in [0.05, 0.1) is 6.61 Å². The minimum atomic E-state index is -1.05.